The molecule has 0 aromatic carbocycles. The maximum atomic E-state index is 12.7. The Hall–Kier alpha value is -2.72. The fourth-order valence-electron chi connectivity index (χ4n) is 2.46. The molecule has 0 saturated heterocycles. The number of rotatable bonds is 5. The molecule has 0 atom stereocenters. The first kappa shape index (κ1) is 16.1. The lowest BCUT2D eigenvalue weighted by atomic mass is 10.1. The third-order valence-electron chi connectivity index (χ3n) is 3.55. The van der Waals surface area contributed by atoms with Crippen LogP contribution in [0.3, 0.4) is 0 Å². The molecule has 2 aromatic heterocycles. The largest absolute Gasteiger partial charge is 0.506 e. The number of thiazole rings is 1. The Bertz CT molecular complexity index is 858. The minimum atomic E-state index is -1.25. The fraction of sp³-hybridized carbons (Fsp3) is 0.286. The molecule has 0 bridgehead atoms. The SMILES string of the molecule is O=C(O)CNC(=O)c1c(O)c2c(n(Cc3nccs3)c1=O)COC2. The highest BCUT2D eigenvalue weighted by atomic mass is 32.1. The van der Waals surface area contributed by atoms with Crippen molar-refractivity contribution in [2.45, 2.75) is 19.8 Å². The quantitative estimate of drug-likeness (QED) is 0.686. The van der Waals surface area contributed by atoms with E-state index >= 15 is 0 Å². The first-order valence-corrected chi connectivity index (χ1v) is 7.80. The van der Waals surface area contributed by atoms with Gasteiger partial charge in [-0.3, -0.25) is 14.4 Å². The van der Waals surface area contributed by atoms with Crippen molar-refractivity contribution in [2.75, 3.05) is 6.54 Å². The second-order valence-electron chi connectivity index (χ2n) is 5.04. The van der Waals surface area contributed by atoms with Crippen LogP contribution in [0.5, 0.6) is 5.75 Å². The highest BCUT2D eigenvalue weighted by Crippen LogP contribution is 2.30. The first-order valence-electron chi connectivity index (χ1n) is 6.92. The van der Waals surface area contributed by atoms with Gasteiger partial charge in [0.2, 0.25) is 0 Å². The molecule has 126 valence electrons. The number of carbonyl (C=O) groups excluding carboxylic acids is 1. The monoisotopic (exact) mass is 351 g/mol. The molecule has 9 nitrogen and oxygen atoms in total. The van der Waals surface area contributed by atoms with Crippen molar-refractivity contribution in [3.63, 3.8) is 0 Å². The van der Waals surface area contributed by atoms with Gasteiger partial charge >= 0.3 is 5.97 Å². The van der Waals surface area contributed by atoms with Crippen LogP contribution in [0, 0.1) is 0 Å². The topological polar surface area (TPSA) is 131 Å². The number of pyridine rings is 1. The van der Waals surface area contributed by atoms with Gasteiger partial charge in [-0.25, -0.2) is 4.98 Å². The summed E-state index contributed by atoms with van der Waals surface area (Å²) in [4.78, 5) is 39.5. The minimum Gasteiger partial charge on any atom is -0.506 e. The Morgan fingerprint density at radius 3 is 2.88 bits per heavy atom. The van der Waals surface area contributed by atoms with Crippen molar-refractivity contribution >= 4 is 23.2 Å². The van der Waals surface area contributed by atoms with Crippen LogP contribution in [0.2, 0.25) is 0 Å². The number of nitrogens with zero attached hydrogens (tertiary/aromatic N) is 2. The number of carboxylic acids is 1. The lowest BCUT2D eigenvalue weighted by Gasteiger charge is -2.14. The average molecular weight is 351 g/mol. The zero-order valence-electron chi connectivity index (χ0n) is 12.3. The van der Waals surface area contributed by atoms with Crippen molar-refractivity contribution in [3.05, 3.63) is 43.8 Å². The normalized spacial score (nSPS) is 12.8. The highest BCUT2D eigenvalue weighted by molar-refractivity contribution is 7.09. The summed E-state index contributed by atoms with van der Waals surface area (Å²) in [5, 5.41) is 23.4. The fourth-order valence-corrected chi connectivity index (χ4v) is 3.06. The van der Waals surface area contributed by atoms with Crippen molar-refractivity contribution in [1.82, 2.24) is 14.9 Å². The molecule has 2 aromatic rings. The summed E-state index contributed by atoms with van der Waals surface area (Å²) in [6, 6.07) is 0. The number of carbonyl (C=O) groups is 2. The molecule has 0 spiro atoms. The molecule has 0 unspecified atom stereocenters. The van der Waals surface area contributed by atoms with Crippen LogP contribution >= 0.6 is 11.3 Å². The van der Waals surface area contributed by atoms with Gasteiger partial charge in [0.1, 0.15) is 22.9 Å². The van der Waals surface area contributed by atoms with Crippen LogP contribution in [0.4, 0.5) is 0 Å². The number of ether oxygens (including phenoxy) is 1. The Morgan fingerprint density at radius 2 is 2.21 bits per heavy atom. The molecule has 3 heterocycles. The molecule has 24 heavy (non-hydrogen) atoms. The molecular weight excluding hydrogens is 338 g/mol. The molecule has 3 rings (SSSR count). The molecule has 1 aliphatic heterocycles. The summed E-state index contributed by atoms with van der Waals surface area (Å²) in [5.74, 6) is -2.66. The summed E-state index contributed by atoms with van der Waals surface area (Å²) >= 11 is 1.35. The number of nitrogens with one attached hydrogen (secondary N) is 1. The van der Waals surface area contributed by atoms with Gasteiger partial charge in [0.15, 0.2) is 0 Å². The van der Waals surface area contributed by atoms with Crippen molar-refractivity contribution < 1.29 is 24.5 Å². The van der Waals surface area contributed by atoms with E-state index in [9.17, 15) is 19.5 Å². The molecule has 10 heteroatoms. The molecule has 0 fully saturated rings. The zero-order chi connectivity index (χ0) is 17.3. The number of aliphatic carboxylic acids is 1. The Morgan fingerprint density at radius 1 is 1.42 bits per heavy atom. The molecule has 1 amide bonds. The van der Waals surface area contributed by atoms with Crippen molar-refractivity contribution in [2.24, 2.45) is 0 Å². The summed E-state index contributed by atoms with van der Waals surface area (Å²) in [7, 11) is 0. The van der Waals surface area contributed by atoms with E-state index in [0.29, 0.717) is 16.3 Å². The Labute approximate surface area is 139 Å². The Balaban J connectivity index is 2.07. The van der Waals surface area contributed by atoms with Gasteiger partial charge in [-0.2, -0.15) is 0 Å². The third kappa shape index (κ3) is 2.88. The van der Waals surface area contributed by atoms with Gasteiger partial charge in [-0.1, -0.05) is 0 Å². The lowest BCUT2D eigenvalue weighted by molar-refractivity contribution is -0.135. The highest BCUT2D eigenvalue weighted by Gasteiger charge is 2.29. The predicted octanol–water partition coefficient (Wildman–Crippen LogP) is -0.0967. The standard InChI is InChI=1S/C14H13N3O6S/c18-10(19)3-16-13(21)11-12(20)7-5-23-6-8(7)17(14(11)22)4-9-15-1-2-24-9/h1-2,20H,3-6H2,(H,16,21)(H,18,19). The van der Waals surface area contributed by atoms with Crippen LogP contribution in [0.1, 0.15) is 26.6 Å². The van der Waals surface area contributed by atoms with Gasteiger partial charge in [0.05, 0.1) is 25.5 Å². The van der Waals surface area contributed by atoms with E-state index in [1.54, 1.807) is 11.6 Å². The second kappa shape index (κ2) is 6.42. The number of hydrogen-bond donors (Lipinski definition) is 3. The van der Waals surface area contributed by atoms with E-state index in [-0.39, 0.29) is 19.8 Å². The van der Waals surface area contributed by atoms with Crippen LogP contribution in [0.25, 0.3) is 0 Å². The molecule has 1 aliphatic rings. The van der Waals surface area contributed by atoms with Gasteiger partial charge in [0.25, 0.3) is 11.5 Å². The average Bonchev–Trinajstić information content (AvgIpc) is 3.20. The zero-order valence-corrected chi connectivity index (χ0v) is 13.1. The van der Waals surface area contributed by atoms with Crippen LogP contribution in [-0.2, 0) is 29.3 Å². The molecule has 3 N–H and O–H groups in total. The smallest absolute Gasteiger partial charge is 0.322 e. The van der Waals surface area contributed by atoms with E-state index in [1.807, 2.05) is 0 Å². The summed E-state index contributed by atoms with van der Waals surface area (Å²) < 4.78 is 6.61. The van der Waals surface area contributed by atoms with E-state index in [2.05, 4.69) is 10.3 Å². The first-order chi connectivity index (χ1) is 11.5. The van der Waals surface area contributed by atoms with Gasteiger partial charge < -0.3 is 24.8 Å². The summed E-state index contributed by atoms with van der Waals surface area (Å²) in [5.41, 5.74) is -0.360. The number of fused-ring (bicyclic) bond motifs is 1. The number of hydrogen-bond acceptors (Lipinski definition) is 7. The summed E-state index contributed by atoms with van der Waals surface area (Å²) in [6.07, 6.45) is 1.60. The maximum Gasteiger partial charge on any atom is 0.322 e. The van der Waals surface area contributed by atoms with Gasteiger partial charge in [-0.15, -0.1) is 11.3 Å². The lowest BCUT2D eigenvalue weighted by Crippen LogP contribution is -2.37. The van der Waals surface area contributed by atoms with Crippen LogP contribution in [-0.4, -0.2) is 38.2 Å². The minimum absolute atomic E-state index is 0.0680. The second-order valence-corrected chi connectivity index (χ2v) is 6.01. The predicted molar refractivity (Wildman–Crippen MR) is 82.0 cm³/mol. The van der Waals surface area contributed by atoms with Crippen molar-refractivity contribution in [1.29, 1.82) is 0 Å². The van der Waals surface area contributed by atoms with Crippen LogP contribution < -0.4 is 10.9 Å². The molecular formula is C14H13N3O6S. The van der Waals surface area contributed by atoms with E-state index in [0.717, 1.165) is 0 Å². The molecule has 0 saturated carbocycles. The third-order valence-corrected chi connectivity index (χ3v) is 4.31. The number of aromatic nitrogens is 2. The molecule has 0 aliphatic carbocycles. The summed E-state index contributed by atoms with van der Waals surface area (Å²) in [6.45, 7) is -0.307. The van der Waals surface area contributed by atoms with E-state index in [4.69, 9.17) is 9.84 Å². The molecule has 0 radical (unpaired) electrons. The van der Waals surface area contributed by atoms with Crippen molar-refractivity contribution in [3.8, 4) is 5.75 Å². The van der Waals surface area contributed by atoms with Gasteiger partial charge in [-0.05, 0) is 0 Å². The number of carboxylic acid groups (broad SMARTS) is 1. The van der Waals surface area contributed by atoms with E-state index in [1.165, 1.54) is 15.9 Å². The van der Waals surface area contributed by atoms with Gasteiger partial charge in [0, 0.05) is 17.1 Å². The van der Waals surface area contributed by atoms with E-state index < -0.39 is 35.3 Å². The van der Waals surface area contributed by atoms with Crippen LogP contribution in [0.15, 0.2) is 16.4 Å². The number of aromatic hydroxyl groups is 1. The Kier molecular flexibility index (Phi) is 4.32. The maximum absolute atomic E-state index is 12.7. The number of amides is 1.